The van der Waals surface area contributed by atoms with E-state index < -0.39 is 0 Å². The molecule has 0 amide bonds. The minimum Gasteiger partial charge on any atom is -0.468 e. The number of benzene rings is 1. The molecule has 0 saturated carbocycles. The summed E-state index contributed by atoms with van der Waals surface area (Å²) in [5.74, 6) is 0.318. The molecule has 0 aliphatic carbocycles. The fourth-order valence-electron chi connectivity index (χ4n) is 1.96. The van der Waals surface area contributed by atoms with E-state index in [1.54, 1.807) is 0 Å². The number of rotatable bonds is 7. The molecule has 1 N–H and O–H groups in total. The van der Waals surface area contributed by atoms with E-state index in [0.29, 0.717) is 5.92 Å². The lowest BCUT2D eigenvalue weighted by molar-refractivity contribution is -0.143. The summed E-state index contributed by atoms with van der Waals surface area (Å²) >= 11 is 0. The van der Waals surface area contributed by atoms with Crippen LogP contribution in [0.5, 0.6) is 0 Å². The first kappa shape index (κ1) is 14.7. The van der Waals surface area contributed by atoms with Crippen molar-refractivity contribution in [3.63, 3.8) is 0 Å². The molecular formula is C15H23NO2. The summed E-state index contributed by atoms with van der Waals surface area (Å²) in [5.41, 5.74) is 1.34. The molecule has 0 aromatic heterocycles. The van der Waals surface area contributed by atoms with E-state index in [2.05, 4.69) is 36.5 Å². The third-order valence-corrected chi connectivity index (χ3v) is 3.23. The molecule has 1 aromatic carbocycles. The number of carbonyl (C=O) groups is 1. The third-order valence-electron chi connectivity index (χ3n) is 3.23. The molecule has 0 spiro atoms. The zero-order valence-electron chi connectivity index (χ0n) is 11.5. The van der Waals surface area contributed by atoms with Crippen molar-refractivity contribution >= 4 is 5.97 Å². The summed E-state index contributed by atoms with van der Waals surface area (Å²) in [6, 6.07) is 10.2. The maximum absolute atomic E-state index is 11.4. The van der Waals surface area contributed by atoms with Crippen molar-refractivity contribution in [1.29, 1.82) is 0 Å². The molecule has 100 valence electrons. The highest BCUT2D eigenvalue weighted by molar-refractivity contribution is 5.75. The van der Waals surface area contributed by atoms with E-state index >= 15 is 0 Å². The Hall–Kier alpha value is -1.35. The third kappa shape index (κ3) is 4.49. The van der Waals surface area contributed by atoms with Crippen LogP contribution >= 0.6 is 0 Å². The van der Waals surface area contributed by atoms with Crippen LogP contribution in [0.2, 0.25) is 0 Å². The Bertz CT molecular complexity index is 351. The predicted octanol–water partition coefficient (Wildman–Crippen LogP) is 2.72. The fraction of sp³-hybridized carbons (Fsp3) is 0.533. The lowest BCUT2D eigenvalue weighted by atomic mass is 9.98. The fourth-order valence-corrected chi connectivity index (χ4v) is 1.96. The molecule has 3 heteroatoms. The Kier molecular flexibility index (Phi) is 6.44. The summed E-state index contributed by atoms with van der Waals surface area (Å²) in [7, 11) is 1.43. The average Bonchev–Trinajstić information content (AvgIpc) is 2.43. The molecule has 0 aliphatic heterocycles. The van der Waals surface area contributed by atoms with Crippen molar-refractivity contribution in [2.24, 2.45) is 0 Å². The van der Waals surface area contributed by atoms with Crippen molar-refractivity contribution in [3.05, 3.63) is 35.9 Å². The van der Waals surface area contributed by atoms with Gasteiger partial charge in [-0.2, -0.15) is 0 Å². The number of esters is 1. The molecule has 2 atom stereocenters. The molecular weight excluding hydrogens is 226 g/mol. The number of hydrogen-bond donors (Lipinski definition) is 1. The van der Waals surface area contributed by atoms with E-state index in [4.69, 9.17) is 4.74 Å². The molecule has 1 aromatic rings. The van der Waals surface area contributed by atoms with Gasteiger partial charge >= 0.3 is 5.97 Å². The van der Waals surface area contributed by atoms with Crippen molar-refractivity contribution in [2.45, 2.75) is 38.6 Å². The Morgan fingerprint density at radius 3 is 2.56 bits per heavy atom. The Morgan fingerprint density at radius 1 is 1.33 bits per heavy atom. The van der Waals surface area contributed by atoms with Gasteiger partial charge in [0.1, 0.15) is 6.04 Å². The Balaban J connectivity index is 2.35. The molecule has 1 rings (SSSR count). The van der Waals surface area contributed by atoms with Crippen LogP contribution in [-0.4, -0.2) is 25.7 Å². The van der Waals surface area contributed by atoms with E-state index in [9.17, 15) is 4.79 Å². The normalized spacial score (nSPS) is 13.9. The summed E-state index contributed by atoms with van der Waals surface area (Å²) in [5, 5.41) is 3.25. The summed E-state index contributed by atoms with van der Waals surface area (Å²) < 4.78 is 4.74. The molecule has 3 nitrogen and oxygen atoms in total. The lowest BCUT2D eigenvalue weighted by Crippen LogP contribution is -2.37. The van der Waals surface area contributed by atoms with E-state index in [0.717, 1.165) is 19.4 Å². The first-order valence-corrected chi connectivity index (χ1v) is 6.55. The van der Waals surface area contributed by atoms with Gasteiger partial charge in [0.2, 0.25) is 0 Å². The lowest BCUT2D eigenvalue weighted by Gasteiger charge is -2.17. The molecule has 0 bridgehead atoms. The number of carbonyl (C=O) groups excluding carboxylic acids is 1. The molecule has 0 radical (unpaired) electrons. The number of hydrogen-bond acceptors (Lipinski definition) is 3. The molecule has 2 unspecified atom stereocenters. The van der Waals surface area contributed by atoms with Gasteiger partial charge in [0.05, 0.1) is 7.11 Å². The Labute approximate surface area is 110 Å². The second kappa shape index (κ2) is 7.88. The maximum Gasteiger partial charge on any atom is 0.322 e. The first-order chi connectivity index (χ1) is 8.69. The standard InChI is InChI=1S/C15H23NO2/c1-4-14(15(17)18-3)16-11-10-12(2)13-8-6-5-7-9-13/h5-9,12,14,16H,4,10-11H2,1-3H3. The van der Waals surface area contributed by atoms with Crippen molar-refractivity contribution in [1.82, 2.24) is 5.32 Å². The van der Waals surface area contributed by atoms with Crippen LogP contribution in [-0.2, 0) is 9.53 Å². The van der Waals surface area contributed by atoms with Crippen molar-refractivity contribution < 1.29 is 9.53 Å². The highest BCUT2D eigenvalue weighted by Crippen LogP contribution is 2.17. The van der Waals surface area contributed by atoms with Gasteiger partial charge in [0, 0.05) is 0 Å². The van der Waals surface area contributed by atoms with Crippen LogP contribution in [0.15, 0.2) is 30.3 Å². The largest absolute Gasteiger partial charge is 0.468 e. The van der Waals surface area contributed by atoms with Gasteiger partial charge in [-0.15, -0.1) is 0 Å². The smallest absolute Gasteiger partial charge is 0.322 e. The van der Waals surface area contributed by atoms with Crippen LogP contribution in [0, 0.1) is 0 Å². The zero-order chi connectivity index (χ0) is 13.4. The van der Waals surface area contributed by atoms with Crippen LogP contribution in [0.3, 0.4) is 0 Å². The minimum atomic E-state index is -0.182. The number of nitrogens with one attached hydrogen (secondary N) is 1. The summed E-state index contributed by atoms with van der Waals surface area (Å²) in [4.78, 5) is 11.4. The van der Waals surface area contributed by atoms with Gasteiger partial charge in [-0.05, 0) is 30.9 Å². The molecule has 18 heavy (non-hydrogen) atoms. The van der Waals surface area contributed by atoms with Crippen LogP contribution in [0.4, 0.5) is 0 Å². The molecule has 0 saturated heterocycles. The van der Waals surface area contributed by atoms with Gasteiger partial charge < -0.3 is 10.1 Å². The number of methoxy groups -OCH3 is 1. The van der Waals surface area contributed by atoms with Gasteiger partial charge in [-0.3, -0.25) is 4.79 Å². The van der Waals surface area contributed by atoms with E-state index in [1.807, 2.05) is 13.0 Å². The van der Waals surface area contributed by atoms with Gasteiger partial charge in [0.25, 0.3) is 0 Å². The van der Waals surface area contributed by atoms with Gasteiger partial charge in [0.15, 0.2) is 0 Å². The van der Waals surface area contributed by atoms with Gasteiger partial charge in [-0.1, -0.05) is 44.2 Å². The summed E-state index contributed by atoms with van der Waals surface area (Å²) in [6.45, 7) is 5.01. The highest BCUT2D eigenvalue weighted by atomic mass is 16.5. The quantitative estimate of drug-likeness (QED) is 0.755. The molecule has 0 heterocycles. The minimum absolute atomic E-state index is 0.176. The van der Waals surface area contributed by atoms with Crippen molar-refractivity contribution in [3.8, 4) is 0 Å². The topological polar surface area (TPSA) is 38.3 Å². The summed E-state index contributed by atoms with van der Waals surface area (Å²) in [6.07, 6.45) is 1.77. The van der Waals surface area contributed by atoms with Crippen molar-refractivity contribution in [2.75, 3.05) is 13.7 Å². The first-order valence-electron chi connectivity index (χ1n) is 6.55. The molecule has 0 aliphatic rings. The zero-order valence-corrected chi connectivity index (χ0v) is 11.5. The van der Waals surface area contributed by atoms with E-state index in [-0.39, 0.29) is 12.0 Å². The maximum atomic E-state index is 11.4. The van der Waals surface area contributed by atoms with Crippen LogP contribution < -0.4 is 5.32 Å². The monoisotopic (exact) mass is 249 g/mol. The second-order valence-electron chi connectivity index (χ2n) is 4.54. The second-order valence-corrected chi connectivity index (χ2v) is 4.54. The Morgan fingerprint density at radius 2 is 2.00 bits per heavy atom. The van der Waals surface area contributed by atoms with Crippen LogP contribution in [0.25, 0.3) is 0 Å². The highest BCUT2D eigenvalue weighted by Gasteiger charge is 2.16. The van der Waals surface area contributed by atoms with E-state index in [1.165, 1.54) is 12.7 Å². The molecule has 0 fully saturated rings. The number of ether oxygens (including phenoxy) is 1. The SMILES string of the molecule is CCC(NCCC(C)c1ccccc1)C(=O)OC. The predicted molar refractivity (Wildman–Crippen MR) is 73.6 cm³/mol. The average molecular weight is 249 g/mol. The van der Waals surface area contributed by atoms with Gasteiger partial charge in [-0.25, -0.2) is 0 Å². The van der Waals surface area contributed by atoms with Crippen LogP contribution in [0.1, 0.15) is 38.2 Å².